The van der Waals surface area contributed by atoms with Crippen molar-refractivity contribution in [3.8, 4) is 22.6 Å². The minimum Gasteiger partial charge on any atom is -0.505 e. The van der Waals surface area contributed by atoms with Crippen LogP contribution < -0.4 is 4.74 Å². The number of halogens is 1. The highest BCUT2D eigenvalue weighted by Crippen LogP contribution is 2.24. The Morgan fingerprint density at radius 1 is 0.903 bits per heavy atom. The van der Waals surface area contributed by atoms with E-state index in [1.807, 2.05) is 26.0 Å². The summed E-state index contributed by atoms with van der Waals surface area (Å²) in [6.07, 6.45) is 0.948. The lowest BCUT2D eigenvalue weighted by Gasteiger charge is -2.10. The second kappa shape index (κ2) is 9.89. The molecule has 5 nitrogen and oxygen atoms in total. The third-order valence-corrected chi connectivity index (χ3v) is 4.90. The molecule has 0 aliphatic rings. The maximum atomic E-state index is 13.4. The van der Waals surface area contributed by atoms with E-state index in [0.717, 1.165) is 29.7 Å². The summed E-state index contributed by atoms with van der Waals surface area (Å²) in [5.74, 6) is -1.88. The van der Waals surface area contributed by atoms with Gasteiger partial charge in [0, 0.05) is 0 Å². The first kappa shape index (κ1) is 22.0. The second-order valence-electron chi connectivity index (χ2n) is 7.27. The number of benzene rings is 3. The lowest BCUT2D eigenvalue weighted by molar-refractivity contribution is 0.0447. The molecule has 0 fully saturated rings. The summed E-state index contributed by atoms with van der Waals surface area (Å²) in [6.45, 7) is 4.47. The van der Waals surface area contributed by atoms with E-state index >= 15 is 0 Å². The standard InChI is InChI=1S/C25H23FO5/c1-3-16(2)15-30-24(28)19-6-4-17(5-7-19)18-8-11-21(12-9-18)31-25(29)20-10-13-23(27)22(26)14-20/h4-14,16,27H,3,15H2,1-2H3. The van der Waals surface area contributed by atoms with E-state index in [0.29, 0.717) is 23.8 Å². The molecule has 0 amide bonds. The number of phenols is 1. The molecular weight excluding hydrogens is 399 g/mol. The van der Waals surface area contributed by atoms with Crippen LogP contribution in [0.5, 0.6) is 11.5 Å². The summed E-state index contributed by atoms with van der Waals surface area (Å²) in [4.78, 5) is 24.2. The van der Waals surface area contributed by atoms with E-state index < -0.39 is 17.5 Å². The van der Waals surface area contributed by atoms with Crippen LogP contribution in [0.2, 0.25) is 0 Å². The van der Waals surface area contributed by atoms with Gasteiger partial charge in [-0.05, 0) is 59.5 Å². The quantitative estimate of drug-likeness (QED) is 0.395. The van der Waals surface area contributed by atoms with Gasteiger partial charge < -0.3 is 14.6 Å². The smallest absolute Gasteiger partial charge is 0.343 e. The van der Waals surface area contributed by atoms with Crippen LogP contribution >= 0.6 is 0 Å². The Kier molecular flexibility index (Phi) is 7.03. The number of aromatic hydroxyl groups is 1. The lowest BCUT2D eigenvalue weighted by atomic mass is 10.0. The zero-order valence-corrected chi connectivity index (χ0v) is 17.3. The van der Waals surface area contributed by atoms with Gasteiger partial charge in [-0.3, -0.25) is 0 Å². The molecule has 6 heteroatoms. The van der Waals surface area contributed by atoms with Gasteiger partial charge in [-0.15, -0.1) is 0 Å². The highest BCUT2D eigenvalue weighted by atomic mass is 19.1. The maximum absolute atomic E-state index is 13.4. The molecule has 0 bridgehead atoms. The fourth-order valence-electron chi connectivity index (χ4n) is 2.73. The summed E-state index contributed by atoms with van der Waals surface area (Å²) in [7, 11) is 0. The number of hydrogen-bond acceptors (Lipinski definition) is 5. The van der Waals surface area contributed by atoms with Crippen LogP contribution in [0.25, 0.3) is 11.1 Å². The van der Waals surface area contributed by atoms with Crippen LogP contribution in [0.1, 0.15) is 41.0 Å². The van der Waals surface area contributed by atoms with E-state index in [4.69, 9.17) is 9.47 Å². The molecule has 0 spiro atoms. The first-order valence-electron chi connectivity index (χ1n) is 9.95. The van der Waals surface area contributed by atoms with Crippen LogP contribution in [-0.4, -0.2) is 23.7 Å². The molecule has 0 aliphatic carbocycles. The fourth-order valence-corrected chi connectivity index (χ4v) is 2.73. The summed E-state index contributed by atoms with van der Waals surface area (Å²) in [6, 6.07) is 17.2. The number of esters is 2. The third-order valence-electron chi connectivity index (χ3n) is 4.90. The maximum Gasteiger partial charge on any atom is 0.343 e. The van der Waals surface area contributed by atoms with Crippen LogP contribution in [0.3, 0.4) is 0 Å². The zero-order valence-electron chi connectivity index (χ0n) is 17.3. The molecule has 0 aromatic heterocycles. The van der Waals surface area contributed by atoms with Gasteiger partial charge in [-0.1, -0.05) is 44.5 Å². The van der Waals surface area contributed by atoms with Crippen LogP contribution in [0.15, 0.2) is 66.7 Å². The van der Waals surface area contributed by atoms with Crippen molar-refractivity contribution >= 4 is 11.9 Å². The van der Waals surface area contributed by atoms with Crippen molar-refractivity contribution in [3.05, 3.63) is 83.7 Å². The van der Waals surface area contributed by atoms with Gasteiger partial charge in [0.15, 0.2) is 11.6 Å². The van der Waals surface area contributed by atoms with Gasteiger partial charge in [-0.2, -0.15) is 0 Å². The van der Waals surface area contributed by atoms with Gasteiger partial charge in [0.1, 0.15) is 5.75 Å². The summed E-state index contributed by atoms with van der Waals surface area (Å²) in [5, 5.41) is 9.21. The first-order valence-corrected chi connectivity index (χ1v) is 9.95. The SMILES string of the molecule is CCC(C)COC(=O)c1ccc(-c2ccc(OC(=O)c3ccc(O)c(F)c3)cc2)cc1. The molecule has 3 rings (SSSR count). The van der Waals surface area contributed by atoms with Crippen molar-refractivity contribution in [2.24, 2.45) is 5.92 Å². The number of carbonyl (C=O) groups is 2. The Balaban J connectivity index is 1.63. The highest BCUT2D eigenvalue weighted by molar-refractivity contribution is 5.91. The predicted octanol–water partition coefficient (Wildman–Crippen LogP) is 5.62. The molecule has 1 atom stereocenters. The molecule has 1 N–H and O–H groups in total. The second-order valence-corrected chi connectivity index (χ2v) is 7.27. The molecule has 160 valence electrons. The first-order chi connectivity index (χ1) is 14.9. The highest BCUT2D eigenvalue weighted by Gasteiger charge is 2.12. The number of hydrogen-bond donors (Lipinski definition) is 1. The van der Waals surface area contributed by atoms with E-state index in [2.05, 4.69) is 0 Å². The molecular formula is C25H23FO5. The van der Waals surface area contributed by atoms with Gasteiger partial charge >= 0.3 is 11.9 Å². The van der Waals surface area contributed by atoms with E-state index in [-0.39, 0.29) is 11.5 Å². The molecule has 0 saturated carbocycles. The molecule has 31 heavy (non-hydrogen) atoms. The van der Waals surface area contributed by atoms with Crippen LogP contribution in [-0.2, 0) is 4.74 Å². The molecule has 1 unspecified atom stereocenters. The Bertz CT molecular complexity index is 1060. The van der Waals surface area contributed by atoms with E-state index in [1.165, 1.54) is 6.07 Å². The largest absolute Gasteiger partial charge is 0.505 e. The molecule has 0 radical (unpaired) electrons. The number of ether oxygens (including phenoxy) is 2. The molecule has 0 aliphatic heterocycles. The molecule has 3 aromatic rings. The van der Waals surface area contributed by atoms with Gasteiger partial charge in [-0.25, -0.2) is 14.0 Å². The van der Waals surface area contributed by atoms with Crippen molar-refractivity contribution in [1.82, 2.24) is 0 Å². The third kappa shape index (κ3) is 5.69. The Hall–Kier alpha value is -3.67. The van der Waals surface area contributed by atoms with Gasteiger partial charge in [0.2, 0.25) is 0 Å². The van der Waals surface area contributed by atoms with Gasteiger partial charge in [0.25, 0.3) is 0 Å². The Labute approximate surface area is 180 Å². The molecule has 3 aromatic carbocycles. The average Bonchev–Trinajstić information content (AvgIpc) is 2.79. The number of carbonyl (C=O) groups excluding carboxylic acids is 2. The Morgan fingerprint density at radius 2 is 1.48 bits per heavy atom. The van der Waals surface area contributed by atoms with E-state index in [9.17, 15) is 19.1 Å². The van der Waals surface area contributed by atoms with Crippen molar-refractivity contribution in [2.75, 3.05) is 6.61 Å². The lowest BCUT2D eigenvalue weighted by Crippen LogP contribution is -2.11. The van der Waals surface area contributed by atoms with Crippen molar-refractivity contribution in [2.45, 2.75) is 20.3 Å². The monoisotopic (exact) mass is 422 g/mol. The number of phenolic OH excluding ortho intramolecular Hbond substituents is 1. The zero-order chi connectivity index (χ0) is 22.4. The van der Waals surface area contributed by atoms with Crippen molar-refractivity contribution in [1.29, 1.82) is 0 Å². The summed E-state index contributed by atoms with van der Waals surface area (Å²) < 4.78 is 24.0. The van der Waals surface area contributed by atoms with Gasteiger partial charge in [0.05, 0.1) is 17.7 Å². The average molecular weight is 422 g/mol. The normalized spacial score (nSPS) is 11.6. The van der Waals surface area contributed by atoms with Crippen LogP contribution in [0.4, 0.5) is 4.39 Å². The Morgan fingerprint density at radius 3 is 2.06 bits per heavy atom. The minimum atomic E-state index is -0.892. The van der Waals surface area contributed by atoms with Crippen LogP contribution in [0, 0.1) is 11.7 Å². The summed E-state index contributed by atoms with van der Waals surface area (Å²) in [5.41, 5.74) is 2.24. The topological polar surface area (TPSA) is 72.8 Å². The number of rotatable bonds is 7. The molecule has 0 saturated heterocycles. The van der Waals surface area contributed by atoms with Crippen molar-refractivity contribution < 1.29 is 28.6 Å². The molecule has 0 heterocycles. The minimum absolute atomic E-state index is 0.00446. The fraction of sp³-hybridized carbons (Fsp3) is 0.200. The predicted molar refractivity (Wildman–Crippen MR) is 115 cm³/mol. The van der Waals surface area contributed by atoms with Crippen molar-refractivity contribution in [3.63, 3.8) is 0 Å². The van der Waals surface area contributed by atoms with E-state index in [1.54, 1.807) is 36.4 Å². The summed E-state index contributed by atoms with van der Waals surface area (Å²) >= 11 is 0.